The molecule has 1 amide bonds. The first-order valence-corrected chi connectivity index (χ1v) is 8.96. The maximum Gasteiger partial charge on any atom is 0.224 e. The van der Waals surface area contributed by atoms with Crippen LogP contribution in [0.2, 0.25) is 0 Å². The molecule has 0 radical (unpaired) electrons. The van der Waals surface area contributed by atoms with E-state index >= 15 is 0 Å². The minimum atomic E-state index is 0.00538. The number of carbonyl (C=O) groups excluding carboxylic acids is 1. The van der Waals surface area contributed by atoms with Gasteiger partial charge in [-0.3, -0.25) is 4.79 Å². The number of fused-ring (bicyclic) bond motifs is 1. The van der Waals surface area contributed by atoms with Gasteiger partial charge in [-0.05, 0) is 42.0 Å². The van der Waals surface area contributed by atoms with Crippen LogP contribution >= 0.6 is 0 Å². The third-order valence-corrected chi connectivity index (χ3v) is 4.53. The van der Waals surface area contributed by atoms with E-state index < -0.39 is 0 Å². The summed E-state index contributed by atoms with van der Waals surface area (Å²) in [5.74, 6) is 0.697. The lowest BCUT2D eigenvalue weighted by molar-refractivity contribution is -0.121. The number of hydrogen-bond donors (Lipinski definition) is 2. The van der Waals surface area contributed by atoms with Crippen molar-refractivity contribution in [2.24, 2.45) is 5.92 Å². The summed E-state index contributed by atoms with van der Waals surface area (Å²) in [6.07, 6.45) is 3.40. The number of para-hydroxylation sites is 1. The lowest BCUT2D eigenvalue weighted by atomic mass is 10.00. The molecule has 0 saturated heterocycles. The van der Waals surface area contributed by atoms with Crippen molar-refractivity contribution < 1.29 is 4.79 Å². The first-order valence-electron chi connectivity index (χ1n) is 8.96. The van der Waals surface area contributed by atoms with Crippen LogP contribution in [0.1, 0.15) is 43.5 Å². The Morgan fingerprint density at radius 3 is 2.48 bits per heavy atom. The van der Waals surface area contributed by atoms with E-state index in [0.717, 1.165) is 28.5 Å². The van der Waals surface area contributed by atoms with Gasteiger partial charge in [0.1, 0.15) is 0 Å². The fourth-order valence-corrected chi connectivity index (χ4v) is 3.24. The molecule has 0 aliphatic heterocycles. The Morgan fingerprint density at radius 2 is 1.76 bits per heavy atom. The van der Waals surface area contributed by atoms with Crippen LogP contribution in [-0.4, -0.2) is 10.9 Å². The highest BCUT2D eigenvalue weighted by atomic mass is 16.1. The Hall–Kier alpha value is -2.55. The Kier molecular flexibility index (Phi) is 5.22. The fraction of sp³-hybridized carbons (Fsp3) is 0.318. The van der Waals surface area contributed by atoms with Gasteiger partial charge in [-0.2, -0.15) is 0 Å². The molecule has 0 aliphatic rings. The van der Waals surface area contributed by atoms with Gasteiger partial charge in [0, 0.05) is 17.1 Å². The summed E-state index contributed by atoms with van der Waals surface area (Å²) in [6.45, 7) is 6.48. The van der Waals surface area contributed by atoms with Crippen LogP contribution in [0.15, 0.2) is 54.7 Å². The highest BCUT2D eigenvalue weighted by Gasteiger charge is 2.12. The molecule has 0 saturated carbocycles. The second-order valence-corrected chi connectivity index (χ2v) is 7.17. The molecule has 130 valence electrons. The van der Waals surface area contributed by atoms with Crippen molar-refractivity contribution >= 4 is 16.8 Å². The van der Waals surface area contributed by atoms with E-state index in [-0.39, 0.29) is 11.9 Å². The topological polar surface area (TPSA) is 44.9 Å². The van der Waals surface area contributed by atoms with E-state index in [1.807, 2.05) is 37.4 Å². The highest BCUT2D eigenvalue weighted by Crippen LogP contribution is 2.19. The quantitative estimate of drug-likeness (QED) is 0.669. The van der Waals surface area contributed by atoms with Gasteiger partial charge < -0.3 is 10.3 Å². The third-order valence-electron chi connectivity index (χ3n) is 4.53. The van der Waals surface area contributed by atoms with Crippen LogP contribution in [-0.2, 0) is 17.6 Å². The minimum Gasteiger partial charge on any atom is -0.361 e. The molecule has 0 unspecified atom stereocenters. The SMILES string of the molecule is CC(C)Cc1ccc([C@@H](C)NC(=O)Cc2c[nH]c3ccccc23)cc1. The molecule has 3 aromatic rings. The summed E-state index contributed by atoms with van der Waals surface area (Å²) in [5.41, 5.74) is 4.59. The highest BCUT2D eigenvalue weighted by molar-refractivity contribution is 5.88. The van der Waals surface area contributed by atoms with Crippen molar-refractivity contribution in [1.29, 1.82) is 0 Å². The lowest BCUT2D eigenvalue weighted by Gasteiger charge is -2.15. The van der Waals surface area contributed by atoms with Crippen LogP contribution in [0.25, 0.3) is 10.9 Å². The number of hydrogen-bond acceptors (Lipinski definition) is 1. The Bertz CT molecular complexity index is 846. The molecular weight excluding hydrogens is 308 g/mol. The summed E-state index contributed by atoms with van der Waals surface area (Å²) in [7, 11) is 0. The summed E-state index contributed by atoms with van der Waals surface area (Å²) >= 11 is 0. The predicted octanol–water partition coefficient (Wildman–Crippen LogP) is 4.79. The van der Waals surface area contributed by atoms with Gasteiger partial charge in [-0.1, -0.05) is 56.3 Å². The number of aromatic amines is 1. The maximum absolute atomic E-state index is 12.4. The van der Waals surface area contributed by atoms with Crippen molar-refractivity contribution in [3.63, 3.8) is 0 Å². The van der Waals surface area contributed by atoms with E-state index in [2.05, 4.69) is 48.4 Å². The molecule has 1 heterocycles. The molecule has 0 fully saturated rings. The smallest absolute Gasteiger partial charge is 0.224 e. The first kappa shape index (κ1) is 17.3. The van der Waals surface area contributed by atoms with Gasteiger partial charge in [0.25, 0.3) is 0 Å². The van der Waals surface area contributed by atoms with Crippen molar-refractivity contribution in [3.05, 3.63) is 71.4 Å². The number of H-pyrrole nitrogens is 1. The Morgan fingerprint density at radius 1 is 1.04 bits per heavy atom. The van der Waals surface area contributed by atoms with Crippen LogP contribution in [0.4, 0.5) is 0 Å². The average molecular weight is 334 g/mol. The minimum absolute atomic E-state index is 0.00538. The second kappa shape index (κ2) is 7.56. The summed E-state index contributed by atoms with van der Waals surface area (Å²) in [5, 5.41) is 4.22. The van der Waals surface area contributed by atoms with Crippen LogP contribution in [0, 0.1) is 5.92 Å². The summed E-state index contributed by atoms with van der Waals surface area (Å²) < 4.78 is 0. The van der Waals surface area contributed by atoms with Crippen LogP contribution < -0.4 is 5.32 Å². The van der Waals surface area contributed by atoms with Crippen LogP contribution in [0.3, 0.4) is 0 Å². The molecule has 3 heteroatoms. The number of rotatable bonds is 6. The molecule has 25 heavy (non-hydrogen) atoms. The monoisotopic (exact) mass is 334 g/mol. The van der Waals surface area contributed by atoms with Gasteiger partial charge in [-0.15, -0.1) is 0 Å². The fourth-order valence-electron chi connectivity index (χ4n) is 3.24. The maximum atomic E-state index is 12.4. The average Bonchev–Trinajstić information content (AvgIpc) is 2.98. The molecule has 0 bridgehead atoms. The van der Waals surface area contributed by atoms with Crippen molar-refractivity contribution in [3.8, 4) is 0 Å². The van der Waals surface area contributed by atoms with Gasteiger partial charge in [0.2, 0.25) is 5.91 Å². The molecule has 0 aliphatic carbocycles. The zero-order valence-electron chi connectivity index (χ0n) is 15.2. The molecule has 3 rings (SSSR count). The summed E-state index contributed by atoms with van der Waals surface area (Å²) in [6, 6.07) is 16.6. The van der Waals surface area contributed by atoms with E-state index in [1.54, 1.807) is 0 Å². The number of aromatic nitrogens is 1. The van der Waals surface area contributed by atoms with Crippen molar-refractivity contribution in [2.75, 3.05) is 0 Å². The molecule has 2 N–H and O–H groups in total. The molecule has 0 spiro atoms. The standard InChI is InChI=1S/C22H26N2O/c1-15(2)12-17-8-10-18(11-9-17)16(3)24-22(25)13-19-14-23-21-7-5-4-6-20(19)21/h4-11,14-16,23H,12-13H2,1-3H3,(H,24,25)/t16-/m1/s1. The number of amides is 1. The first-order chi connectivity index (χ1) is 12.0. The molecule has 1 aromatic heterocycles. The molecule has 1 atom stereocenters. The third kappa shape index (κ3) is 4.30. The number of carbonyl (C=O) groups is 1. The molecule has 3 nitrogen and oxygen atoms in total. The van der Waals surface area contributed by atoms with E-state index in [9.17, 15) is 4.79 Å². The van der Waals surface area contributed by atoms with E-state index in [0.29, 0.717) is 12.3 Å². The second-order valence-electron chi connectivity index (χ2n) is 7.17. The van der Waals surface area contributed by atoms with Crippen molar-refractivity contribution in [1.82, 2.24) is 10.3 Å². The number of benzene rings is 2. The van der Waals surface area contributed by atoms with Crippen LogP contribution in [0.5, 0.6) is 0 Å². The van der Waals surface area contributed by atoms with E-state index in [1.165, 1.54) is 5.56 Å². The largest absolute Gasteiger partial charge is 0.361 e. The molecule has 2 aromatic carbocycles. The zero-order valence-corrected chi connectivity index (χ0v) is 15.2. The van der Waals surface area contributed by atoms with E-state index in [4.69, 9.17) is 0 Å². The zero-order chi connectivity index (χ0) is 17.8. The van der Waals surface area contributed by atoms with Gasteiger partial charge in [-0.25, -0.2) is 0 Å². The normalized spacial score (nSPS) is 12.5. The Labute approximate surface area is 149 Å². The lowest BCUT2D eigenvalue weighted by Crippen LogP contribution is -2.28. The van der Waals surface area contributed by atoms with Crippen molar-refractivity contribution in [2.45, 2.75) is 39.7 Å². The van der Waals surface area contributed by atoms with Gasteiger partial charge in [0.15, 0.2) is 0 Å². The summed E-state index contributed by atoms with van der Waals surface area (Å²) in [4.78, 5) is 15.6. The predicted molar refractivity (Wildman–Crippen MR) is 104 cm³/mol. The molecular formula is C22H26N2O. The number of nitrogens with one attached hydrogen (secondary N) is 2. The van der Waals surface area contributed by atoms with Gasteiger partial charge >= 0.3 is 0 Å². The Balaban J connectivity index is 1.62. The van der Waals surface area contributed by atoms with Gasteiger partial charge in [0.05, 0.1) is 12.5 Å².